The molecule has 0 N–H and O–H groups in total. The quantitative estimate of drug-likeness (QED) is 0.365. The van der Waals surface area contributed by atoms with Gasteiger partial charge in [0.2, 0.25) is 0 Å². The summed E-state index contributed by atoms with van der Waals surface area (Å²) in [5, 5.41) is 0. The molecule has 0 nitrogen and oxygen atoms in total. The van der Waals surface area contributed by atoms with Crippen LogP contribution in [-0.2, 0) is 6.42 Å². The standard InChI is InChI=1S/C22H17F3/c1-2-3-4-15-5-7-16(8-6-15)17-9-11-18(12-10-17)19-13-14-20(23)22(25)21(19)24/h2,5-14H,1,3-4H2. The molecule has 3 heteroatoms. The first-order valence-corrected chi connectivity index (χ1v) is 8.04. The maximum Gasteiger partial charge on any atom is 0.195 e. The van der Waals surface area contributed by atoms with Crippen molar-refractivity contribution in [1.82, 2.24) is 0 Å². The van der Waals surface area contributed by atoms with Crippen molar-refractivity contribution in [3.8, 4) is 22.3 Å². The average molecular weight is 338 g/mol. The van der Waals surface area contributed by atoms with Gasteiger partial charge in [-0.2, -0.15) is 0 Å². The highest BCUT2D eigenvalue weighted by atomic mass is 19.2. The van der Waals surface area contributed by atoms with Gasteiger partial charge < -0.3 is 0 Å². The first-order chi connectivity index (χ1) is 12.1. The molecule has 3 aromatic carbocycles. The van der Waals surface area contributed by atoms with Crippen molar-refractivity contribution in [2.45, 2.75) is 12.8 Å². The van der Waals surface area contributed by atoms with E-state index in [-0.39, 0.29) is 5.56 Å². The highest BCUT2D eigenvalue weighted by Crippen LogP contribution is 2.28. The van der Waals surface area contributed by atoms with E-state index in [4.69, 9.17) is 0 Å². The summed E-state index contributed by atoms with van der Waals surface area (Å²) in [6, 6.07) is 17.5. The van der Waals surface area contributed by atoms with Crippen molar-refractivity contribution < 1.29 is 13.2 Å². The molecule has 0 aliphatic carbocycles. The van der Waals surface area contributed by atoms with Crippen LogP contribution in [0.1, 0.15) is 12.0 Å². The normalized spacial score (nSPS) is 10.7. The van der Waals surface area contributed by atoms with E-state index in [1.807, 2.05) is 30.3 Å². The van der Waals surface area contributed by atoms with E-state index in [0.29, 0.717) is 5.56 Å². The van der Waals surface area contributed by atoms with Gasteiger partial charge >= 0.3 is 0 Å². The highest BCUT2D eigenvalue weighted by Gasteiger charge is 2.14. The zero-order chi connectivity index (χ0) is 17.8. The summed E-state index contributed by atoms with van der Waals surface area (Å²) >= 11 is 0. The lowest BCUT2D eigenvalue weighted by molar-refractivity contribution is 0.449. The number of halogens is 3. The smallest absolute Gasteiger partial charge is 0.195 e. The Hall–Kier alpha value is -2.81. The van der Waals surface area contributed by atoms with Crippen LogP contribution in [0, 0.1) is 17.5 Å². The van der Waals surface area contributed by atoms with Crippen molar-refractivity contribution >= 4 is 0 Å². The molecule has 126 valence electrons. The van der Waals surface area contributed by atoms with Gasteiger partial charge in [-0.3, -0.25) is 0 Å². The minimum absolute atomic E-state index is 0.0465. The first-order valence-electron chi connectivity index (χ1n) is 8.04. The van der Waals surface area contributed by atoms with E-state index >= 15 is 0 Å². The fourth-order valence-electron chi connectivity index (χ4n) is 2.72. The van der Waals surface area contributed by atoms with Gasteiger partial charge in [0.1, 0.15) is 0 Å². The Balaban J connectivity index is 1.85. The van der Waals surface area contributed by atoms with Crippen LogP contribution in [0.5, 0.6) is 0 Å². The Morgan fingerprint density at radius 2 is 1.24 bits per heavy atom. The van der Waals surface area contributed by atoms with Gasteiger partial charge in [-0.1, -0.05) is 54.6 Å². The zero-order valence-corrected chi connectivity index (χ0v) is 13.6. The van der Waals surface area contributed by atoms with Gasteiger partial charge in [0.15, 0.2) is 17.5 Å². The highest BCUT2D eigenvalue weighted by molar-refractivity contribution is 5.70. The van der Waals surface area contributed by atoms with Crippen LogP contribution in [0.25, 0.3) is 22.3 Å². The Morgan fingerprint density at radius 1 is 0.680 bits per heavy atom. The molecule has 0 unspecified atom stereocenters. The summed E-state index contributed by atoms with van der Waals surface area (Å²) in [7, 11) is 0. The number of benzene rings is 3. The molecule has 0 atom stereocenters. The Kier molecular flexibility index (Phi) is 5.03. The van der Waals surface area contributed by atoms with Crippen molar-refractivity contribution in [1.29, 1.82) is 0 Å². The van der Waals surface area contributed by atoms with Crippen LogP contribution in [0.4, 0.5) is 13.2 Å². The van der Waals surface area contributed by atoms with Crippen LogP contribution in [0.3, 0.4) is 0 Å². The second kappa shape index (κ2) is 7.39. The predicted octanol–water partition coefficient (Wildman–Crippen LogP) is 6.56. The number of hydrogen-bond donors (Lipinski definition) is 0. The molecule has 0 amide bonds. The fourth-order valence-corrected chi connectivity index (χ4v) is 2.72. The SMILES string of the molecule is C=CCCc1ccc(-c2ccc(-c3ccc(F)c(F)c3F)cc2)cc1. The Labute approximate surface area is 145 Å². The van der Waals surface area contributed by atoms with E-state index in [0.717, 1.165) is 30.0 Å². The van der Waals surface area contributed by atoms with E-state index in [2.05, 4.69) is 18.7 Å². The second-order valence-corrected chi connectivity index (χ2v) is 5.82. The molecule has 0 radical (unpaired) electrons. The van der Waals surface area contributed by atoms with Crippen molar-refractivity contribution in [2.75, 3.05) is 0 Å². The molecule has 0 spiro atoms. The van der Waals surface area contributed by atoms with E-state index in [9.17, 15) is 13.2 Å². The van der Waals surface area contributed by atoms with Crippen molar-refractivity contribution in [2.24, 2.45) is 0 Å². The molecule has 25 heavy (non-hydrogen) atoms. The lowest BCUT2D eigenvalue weighted by atomic mass is 9.98. The summed E-state index contributed by atoms with van der Waals surface area (Å²) in [5.74, 6) is -3.80. The van der Waals surface area contributed by atoms with Crippen LogP contribution in [0.2, 0.25) is 0 Å². The van der Waals surface area contributed by atoms with E-state index < -0.39 is 17.5 Å². The predicted molar refractivity (Wildman–Crippen MR) is 95.7 cm³/mol. The number of allylic oxidation sites excluding steroid dienone is 1. The minimum Gasteiger partial charge on any atom is -0.204 e. The Morgan fingerprint density at radius 3 is 1.84 bits per heavy atom. The topological polar surface area (TPSA) is 0 Å². The lowest BCUT2D eigenvalue weighted by Gasteiger charge is -2.08. The van der Waals surface area contributed by atoms with Crippen molar-refractivity contribution in [3.05, 3.63) is 96.3 Å². The number of hydrogen-bond acceptors (Lipinski definition) is 0. The largest absolute Gasteiger partial charge is 0.204 e. The summed E-state index contributed by atoms with van der Waals surface area (Å²) in [5.41, 5.74) is 3.80. The molecule has 0 bridgehead atoms. The molecule has 3 aromatic rings. The molecule has 0 fully saturated rings. The molecule has 0 saturated carbocycles. The van der Waals surface area contributed by atoms with Gasteiger partial charge in [0.25, 0.3) is 0 Å². The maximum atomic E-state index is 13.9. The van der Waals surface area contributed by atoms with Crippen LogP contribution in [-0.4, -0.2) is 0 Å². The summed E-state index contributed by atoms with van der Waals surface area (Å²) in [6.45, 7) is 3.72. The third-order valence-electron chi connectivity index (χ3n) is 4.16. The van der Waals surface area contributed by atoms with Crippen LogP contribution < -0.4 is 0 Å². The van der Waals surface area contributed by atoms with Crippen molar-refractivity contribution in [3.63, 3.8) is 0 Å². The zero-order valence-electron chi connectivity index (χ0n) is 13.6. The number of rotatable bonds is 5. The molecule has 3 rings (SSSR count). The monoisotopic (exact) mass is 338 g/mol. The Bertz CT molecular complexity index is 878. The first kappa shape index (κ1) is 17.0. The fraction of sp³-hybridized carbons (Fsp3) is 0.0909. The van der Waals surface area contributed by atoms with E-state index in [1.54, 1.807) is 12.1 Å². The third kappa shape index (κ3) is 3.66. The second-order valence-electron chi connectivity index (χ2n) is 5.82. The molecule has 0 aromatic heterocycles. The molecular weight excluding hydrogens is 321 g/mol. The van der Waals surface area contributed by atoms with Gasteiger partial charge in [-0.15, -0.1) is 6.58 Å². The minimum atomic E-state index is -1.45. The molecular formula is C22H17F3. The van der Waals surface area contributed by atoms with Crippen LogP contribution in [0.15, 0.2) is 73.3 Å². The van der Waals surface area contributed by atoms with Gasteiger partial charge in [0.05, 0.1) is 0 Å². The average Bonchev–Trinajstić information content (AvgIpc) is 2.65. The molecule has 0 heterocycles. The van der Waals surface area contributed by atoms with Gasteiger partial charge in [-0.25, -0.2) is 13.2 Å². The summed E-state index contributed by atoms with van der Waals surface area (Å²) in [6.07, 6.45) is 3.79. The third-order valence-corrected chi connectivity index (χ3v) is 4.16. The van der Waals surface area contributed by atoms with Gasteiger partial charge in [-0.05, 0) is 47.2 Å². The van der Waals surface area contributed by atoms with Crippen LogP contribution >= 0.6 is 0 Å². The van der Waals surface area contributed by atoms with E-state index in [1.165, 1.54) is 11.6 Å². The maximum absolute atomic E-state index is 13.9. The summed E-state index contributed by atoms with van der Waals surface area (Å²) in [4.78, 5) is 0. The molecule has 0 aliphatic rings. The summed E-state index contributed by atoms with van der Waals surface area (Å²) < 4.78 is 40.3. The lowest BCUT2D eigenvalue weighted by Crippen LogP contribution is -1.93. The molecule has 0 aliphatic heterocycles. The molecule has 0 saturated heterocycles. The van der Waals surface area contributed by atoms with Gasteiger partial charge in [0, 0.05) is 5.56 Å². The number of aryl methyl sites for hydroxylation is 1.